The van der Waals surface area contributed by atoms with Gasteiger partial charge in [0.1, 0.15) is 5.82 Å². The third-order valence-corrected chi connectivity index (χ3v) is 2.78. The maximum Gasteiger partial charge on any atom is 0.340 e. The summed E-state index contributed by atoms with van der Waals surface area (Å²) in [5.41, 5.74) is -1.65. The van der Waals surface area contributed by atoms with Gasteiger partial charge in [-0.05, 0) is 32.0 Å². The summed E-state index contributed by atoms with van der Waals surface area (Å²) in [4.78, 5) is 11.2. The number of carbonyl (C=O) groups is 1. The summed E-state index contributed by atoms with van der Waals surface area (Å²) in [6.07, 6.45) is 0. The van der Waals surface area contributed by atoms with E-state index in [-0.39, 0.29) is 12.2 Å². The highest BCUT2D eigenvalue weighted by Crippen LogP contribution is 2.30. The summed E-state index contributed by atoms with van der Waals surface area (Å²) >= 11 is 3.17. The van der Waals surface area contributed by atoms with E-state index in [4.69, 9.17) is 9.84 Å². The Morgan fingerprint density at radius 3 is 2.75 bits per heavy atom. The fraction of sp³-hybridized carbons (Fsp3) is 0.364. The number of carboxylic acids is 1. The maximum atomic E-state index is 13.6. The minimum atomic E-state index is -1.66. The lowest BCUT2D eigenvalue weighted by molar-refractivity contribution is -0.165. The van der Waals surface area contributed by atoms with Crippen LogP contribution >= 0.6 is 15.9 Å². The Balaban J connectivity index is 3.31. The lowest BCUT2D eigenvalue weighted by Crippen LogP contribution is -2.36. The molecule has 0 aliphatic rings. The Hall–Kier alpha value is -0.940. The predicted molar refractivity (Wildman–Crippen MR) is 60.7 cm³/mol. The minimum Gasteiger partial charge on any atom is -0.479 e. The molecular weight excluding hydrogens is 279 g/mol. The van der Waals surface area contributed by atoms with Gasteiger partial charge in [0.05, 0.1) is 0 Å². The van der Waals surface area contributed by atoms with E-state index in [0.29, 0.717) is 4.47 Å². The van der Waals surface area contributed by atoms with Crippen LogP contribution in [-0.4, -0.2) is 17.7 Å². The van der Waals surface area contributed by atoms with Gasteiger partial charge in [-0.3, -0.25) is 0 Å². The largest absolute Gasteiger partial charge is 0.479 e. The van der Waals surface area contributed by atoms with Crippen molar-refractivity contribution in [3.63, 3.8) is 0 Å². The van der Waals surface area contributed by atoms with Crippen LogP contribution in [0.3, 0.4) is 0 Å². The average molecular weight is 291 g/mol. The lowest BCUT2D eigenvalue weighted by atomic mass is 9.95. The highest BCUT2D eigenvalue weighted by atomic mass is 79.9. The normalized spacial score (nSPS) is 14.5. The lowest BCUT2D eigenvalue weighted by Gasteiger charge is -2.25. The van der Waals surface area contributed by atoms with E-state index in [2.05, 4.69) is 15.9 Å². The van der Waals surface area contributed by atoms with Crippen LogP contribution in [0.4, 0.5) is 4.39 Å². The van der Waals surface area contributed by atoms with Gasteiger partial charge in [0, 0.05) is 16.6 Å². The number of rotatable bonds is 4. The van der Waals surface area contributed by atoms with Crippen molar-refractivity contribution >= 4 is 21.9 Å². The number of halogens is 2. The molecule has 0 amide bonds. The Morgan fingerprint density at radius 2 is 2.25 bits per heavy atom. The molecule has 1 atom stereocenters. The minimum absolute atomic E-state index is 0.0104. The number of ether oxygens (including phenoxy) is 1. The fourth-order valence-corrected chi connectivity index (χ4v) is 1.77. The highest BCUT2D eigenvalue weighted by molar-refractivity contribution is 9.10. The molecule has 0 bridgehead atoms. The molecule has 0 heterocycles. The molecule has 1 rings (SSSR count). The van der Waals surface area contributed by atoms with E-state index in [1.54, 1.807) is 6.92 Å². The molecule has 0 saturated heterocycles. The van der Waals surface area contributed by atoms with E-state index in [1.807, 2.05) is 0 Å². The zero-order valence-corrected chi connectivity index (χ0v) is 10.5. The van der Waals surface area contributed by atoms with Gasteiger partial charge in [-0.25, -0.2) is 9.18 Å². The molecule has 1 aromatic rings. The highest BCUT2D eigenvalue weighted by Gasteiger charge is 2.38. The molecule has 0 saturated carbocycles. The van der Waals surface area contributed by atoms with E-state index >= 15 is 0 Å². The summed E-state index contributed by atoms with van der Waals surface area (Å²) in [6.45, 7) is 3.19. The second-order valence-electron chi connectivity index (χ2n) is 3.40. The van der Waals surface area contributed by atoms with E-state index < -0.39 is 17.4 Å². The average Bonchev–Trinajstić information content (AvgIpc) is 2.21. The topological polar surface area (TPSA) is 46.5 Å². The van der Waals surface area contributed by atoms with Crippen LogP contribution in [0.1, 0.15) is 19.4 Å². The van der Waals surface area contributed by atoms with Gasteiger partial charge in [0.25, 0.3) is 0 Å². The first-order valence-corrected chi connectivity index (χ1v) is 5.54. The Morgan fingerprint density at radius 1 is 1.62 bits per heavy atom. The van der Waals surface area contributed by atoms with Crippen molar-refractivity contribution in [2.24, 2.45) is 0 Å². The number of hydrogen-bond donors (Lipinski definition) is 1. The van der Waals surface area contributed by atoms with Crippen molar-refractivity contribution in [2.75, 3.05) is 6.61 Å². The van der Waals surface area contributed by atoms with Crippen LogP contribution in [0.2, 0.25) is 0 Å². The van der Waals surface area contributed by atoms with Crippen molar-refractivity contribution < 1.29 is 19.0 Å². The molecule has 16 heavy (non-hydrogen) atoms. The van der Waals surface area contributed by atoms with E-state index in [0.717, 1.165) is 0 Å². The number of hydrogen-bond acceptors (Lipinski definition) is 2. The van der Waals surface area contributed by atoms with E-state index in [1.165, 1.54) is 25.1 Å². The van der Waals surface area contributed by atoms with Gasteiger partial charge in [0.2, 0.25) is 0 Å². The second kappa shape index (κ2) is 4.93. The monoisotopic (exact) mass is 290 g/mol. The molecule has 0 aliphatic carbocycles. The first-order valence-electron chi connectivity index (χ1n) is 4.74. The fourth-order valence-electron chi connectivity index (χ4n) is 1.41. The van der Waals surface area contributed by atoms with Gasteiger partial charge in [-0.2, -0.15) is 0 Å². The Labute approximate surface area is 101 Å². The molecule has 1 unspecified atom stereocenters. The molecular formula is C11H12BrFO3. The molecule has 1 N–H and O–H groups in total. The summed E-state index contributed by atoms with van der Waals surface area (Å²) in [5.74, 6) is -1.81. The summed E-state index contributed by atoms with van der Waals surface area (Å²) in [5, 5.41) is 9.13. The third kappa shape index (κ3) is 2.41. The quantitative estimate of drug-likeness (QED) is 0.927. The smallest absolute Gasteiger partial charge is 0.340 e. The maximum absolute atomic E-state index is 13.6. The van der Waals surface area contributed by atoms with E-state index in [9.17, 15) is 9.18 Å². The first-order chi connectivity index (χ1) is 7.41. The first kappa shape index (κ1) is 13.1. The molecule has 0 fully saturated rings. The zero-order valence-electron chi connectivity index (χ0n) is 8.96. The van der Waals surface area contributed by atoms with Crippen LogP contribution in [0.15, 0.2) is 22.7 Å². The molecule has 1 aromatic carbocycles. The molecule has 0 aromatic heterocycles. The van der Waals surface area contributed by atoms with Crippen LogP contribution in [0, 0.1) is 5.82 Å². The van der Waals surface area contributed by atoms with Gasteiger partial charge in [0.15, 0.2) is 5.60 Å². The SMILES string of the molecule is CCOC(C)(C(=O)O)c1cc(Br)ccc1F. The van der Waals surface area contributed by atoms with Crippen LogP contribution < -0.4 is 0 Å². The number of benzene rings is 1. The second-order valence-corrected chi connectivity index (χ2v) is 4.31. The summed E-state index contributed by atoms with van der Waals surface area (Å²) < 4.78 is 19.3. The zero-order chi connectivity index (χ0) is 12.3. The number of aliphatic carboxylic acids is 1. The summed E-state index contributed by atoms with van der Waals surface area (Å²) in [6, 6.07) is 4.13. The van der Waals surface area contributed by atoms with Gasteiger partial charge in [-0.1, -0.05) is 15.9 Å². The molecule has 0 spiro atoms. The van der Waals surface area contributed by atoms with Crippen molar-refractivity contribution in [3.8, 4) is 0 Å². The van der Waals surface area contributed by atoms with Crippen LogP contribution in [0.5, 0.6) is 0 Å². The Kier molecular flexibility index (Phi) is 4.04. The molecule has 88 valence electrons. The van der Waals surface area contributed by atoms with Crippen molar-refractivity contribution in [2.45, 2.75) is 19.4 Å². The summed E-state index contributed by atoms with van der Waals surface area (Å²) in [7, 11) is 0. The number of carboxylic acid groups (broad SMARTS) is 1. The molecule has 0 aliphatic heterocycles. The molecule has 0 radical (unpaired) electrons. The van der Waals surface area contributed by atoms with Crippen LogP contribution in [0.25, 0.3) is 0 Å². The van der Waals surface area contributed by atoms with Crippen LogP contribution in [-0.2, 0) is 15.1 Å². The van der Waals surface area contributed by atoms with Gasteiger partial charge < -0.3 is 9.84 Å². The molecule has 5 heteroatoms. The molecule has 3 nitrogen and oxygen atoms in total. The Bertz CT molecular complexity index is 408. The van der Waals surface area contributed by atoms with Crippen molar-refractivity contribution in [3.05, 3.63) is 34.1 Å². The standard InChI is InChI=1S/C11H12BrFO3/c1-3-16-11(2,10(14)15)8-6-7(12)4-5-9(8)13/h4-6H,3H2,1-2H3,(H,14,15). The van der Waals surface area contributed by atoms with Crippen molar-refractivity contribution in [1.82, 2.24) is 0 Å². The van der Waals surface area contributed by atoms with Crippen molar-refractivity contribution in [1.29, 1.82) is 0 Å². The van der Waals surface area contributed by atoms with Gasteiger partial charge >= 0.3 is 5.97 Å². The third-order valence-electron chi connectivity index (χ3n) is 2.28. The van der Waals surface area contributed by atoms with Gasteiger partial charge in [-0.15, -0.1) is 0 Å². The predicted octanol–water partition coefficient (Wildman–Crippen LogP) is 2.92.